The van der Waals surface area contributed by atoms with Gasteiger partial charge in [-0.05, 0) is 6.42 Å². The van der Waals surface area contributed by atoms with Gasteiger partial charge < -0.3 is 10.4 Å². The monoisotopic (exact) mass is 251 g/mol. The second-order valence-corrected chi connectivity index (χ2v) is 4.24. The Hall–Kier alpha value is -1.33. The van der Waals surface area contributed by atoms with E-state index in [1.165, 1.54) is 12.4 Å². The molecule has 1 atom stereocenters. The Morgan fingerprint density at radius 2 is 2.33 bits per heavy atom. The van der Waals surface area contributed by atoms with Crippen LogP contribution in [-0.2, 0) is 0 Å². The molecule has 1 unspecified atom stereocenters. The molecule has 0 aliphatic rings. The molecule has 2 N–H and O–H groups in total. The molecule has 0 radical (unpaired) electrons. The van der Waals surface area contributed by atoms with Crippen LogP contribution in [0.1, 0.15) is 43.1 Å². The highest BCUT2D eigenvalue weighted by atomic mass is 16.3. The lowest BCUT2D eigenvalue weighted by Gasteiger charge is -2.15. The molecule has 1 rings (SSSR count). The van der Waals surface area contributed by atoms with Crippen LogP contribution in [-0.4, -0.2) is 40.1 Å². The lowest BCUT2D eigenvalue weighted by Crippen LogP contribution is -2.34. The number of unbranched alkanes of at least 4 members (excludes halogenated alkanes) is 1. The molecule has 0 saturated heterocycles. The molecular formula is C13H21N3O2. The Balaban J connectivity index is 2.26. The standard InChI is InChI=1S/C13H21N3O2/c1-2-3-4-11(10-17)15-6-5-13(18)12-9-14-7-8-16-12/h7-9,11,15,17H,2-6,10H2,1H3. The van der Waals surface area contributed by atoms with Crippen LogP contribution in [0.2, 0.25) is 0 Å². The van der Waals surface area contributed by atoms with E-state index in [2.05, 4.69) is 22.2 Å². The van der Waals surface area contributed by atoms with Crippen molar-refractivity contribution in [1.29, 1.82) is 0 Å². The fourth-order valence-corrected chi connectivity index (χ4v) is 1.67. The number of Topliss-reactive ketones (excluding diaryl/α,β-unsaturated/α-hetero) is 1. The summed E-state index contributed by atoms with van der Waals surface area (Å²) in [5.74, 6) is -0.0252. The van der Waals surface area contributed by atoms with Gasteiger partial charge in [-0.2, -0.15) is 0 Å². The van der Waals surface area contributed by atoms with Gasteiger partial charge in [0.15, 0.2) is 5.78 Å². The van der Waals surface area contributed by atoms with E-state index in [-0.39, 0.29) is 18.4 Å². The number of carbonyl (C=O) groups excluding carboxylic acids is 1. The molecule has 0 bridgehead atoms. The average Bonchev–Trinajstić information content (AvgIpc) is 2.43. The number of nitrogens with one attached hydrogen (secondary N) is 1. The largest absolute Gasteiger partial charge is 0.395 e. The quantitative estimate of drug-likeness (QED) is 0.645. The van der Waals surface area contributed by atoms with Crippen molar-refractivity contribution in [2.75, 3.05) is 13.2 Å². The van der Waals surface area contributed by atoms with Gasteiger partial charge in [-0.1, -0.05) is 19.8 Å². The van der Waals surface area contributed by atoms with Gasteiger partial charge in [0.25, 0.3) is 0 Å². The van der Waals surface area contributed by atoms with Crippen molar-refractivity contribution in [3.05, 3.63) is 24.3 Å². The van der Waals surface area contributed by atoms with Crippen LogP contribution in [0, 0.1) is 0 Å². The first-order valence-corrected chi connectivity index (χ1v) is 6.41. The summed E-state index contributed by atoms with van der Waals surface area (Å²) in [6, 6.07) is 0.0830. The smallest absolute Gasteiger partial charge is 0.184 e. The highest BCUT2D eigenvalue weighted by Gasteiger charge is 2.09. The Morgan fingerprint density at radius 3 is 2.94 bits per heavy atom. The van der Waals surface area contributed by atoms with Gasteiger partial charge in [0.1, 0.15) is 5.69 Å². The second-order valence-electron chi connectivity index (χ2n) is 4.24. The summed E-state index contributed by atoms with van der Waals surface area (Å²) < 4.78 is 0. The summed E-state index contributed by atoms with van der Waals surface area (Å²) in [6.45, 7) is 2.79. The molecule has 0 fully saturated rings. The lowest BCUT2D eigenvalue weighted by molar-refractivity contribution is 0.0974. The van der Waals surface area contributed by atoms with Crippen LogP contribution in [0.15, 0.2) is 18.6 Å². The minimum absolute atomic E-state index is 0.0252. The summed E-state index contributed by atoms with van der Waals surface area (Å²) in [5.41, 5.74) is 0.397. The number of nitrogens with zero attached hydrogens (tertiary/aromatic N) is 2. The Labute approximate surface area is 108 Å². The lowest BCUT2D eigenvalue weighted by atomic mass is 10.1. The molecule has 0 spiro atoms. The molecule has 18 heavy (non-hydrogen) atoms. The maximum Gasteiger partial charge on any atom is 0.184 e. The van der Waals surface area contributed by atoms with Crippen molar-refractivity contribution >= 4 is 5.78 Å². The Morgan fingerprint density at radius 1 is 1.50 bits per heavy atom. The van der Waals surface area contributed by atoms with Crippen LogP contribution in [0.3, 0.4) is 0 Å². The summed E-state index contributed by atoms with van der Waals surface area (Å²) >= 11 is 0. The molecule has 1 heterocycles. The van der Waals surface area contributed by atoms with Crippen molar-refractivity contribution in [2.24, 2.45) is 0 Å². The normalized spacial score (nSPS) is 12.3. The number of hydrogen-bond donors (Lipinski definition) is 2. The maximum atomic E-state index is 11.7. The van der Waals surface area contributed by atoms with Gasteiger partial charge in [-0.15, -0.1) is 0 Å². The third-order valence-electron chi connectivity index (χ3n) is 2.76. The zero-order valence-corrected chi connectivity index (χ0v) is 10.8. The Kier molecular flexibility index (Phi) is 7.13. The van der Waals surface area contributed by atoms with Gasteiger partial charge in [0, 0.05) is 31.4 Å². The number of aliphatic hydroxyl groups is 1. The molecule has 1 aromatic rings. The van der Waals surface area contributed by atoms with Crippen molar-refractivity contribution in [1.82, 2.24) is 15.3 Å². The van der Waals surface area contributed by atoms with E-state index in [0.717, 1.165) is 19.3 Å². The third kappa shape index (κ3) is 5.33. The van der Waals surface area contributed by atoms with Gasteiger partial charge in [0.2, 0.25) is 0 Å². The van der Waals surface area contributed by atoms with E-state index in [4.69, 9.17) is 5.11 Å². The van der Waals surface area contributed by atoms with Crippen molar-refractivity contribution in [3.63, 3.8) is 0 Å². The topological polar surface area (TPSA) is 75.1 Å². The average molecular weight is 251 g/mol. The molecule has 0 amide bonds. The van der Waals surface area contributed by atoms with Crippen LogP contribution in [0.5, 0.6) is 0 Å². The molecular weight excluding hydrogens is 230 g/mol. The van der Waals surface area contributed by atoms with E-state index in [1.807, 2.05) is 0 Å². The molecule has 0 aliphatic carbocycles. The number of ketones is 1. The summed E-state index contributed by atoms with van der Waals surface area (Å²) in [7, 11) is 0. The minimum atomic E-state index is -0.0252. The van der Waals surface area contributed by atoms with Crippen LogP contribution in [0.4, 0.5) is 0 Å². The molecule has 0 aliphatic heterocycles. The van der Waals surface area contributed by atoms with E-state index in [0.29, 0.717) is 18.7 Å². The number of hydrogen-bond acceptors (Lipinski definition) is 5. The van der Waals surface area contributed by atoms with Crippen molar-refractivity contribution in [2.45, 2.75) is 38.6 Å². The molecule has 5 heteroatoms. The number of carbonyl (C=O) groups is 1. The number of aromatic nitrogens is 2. The Bertz CT molecular complexity index is 343. The van der Waals surface area contributed by atoms with Crippen LogP contribution >= 0.6 is 0 Å². The second kappa shape index (κ2) is 8.72. The van der Waals surface area contributed by atoms with Gasteiger partial charge in [0.05, 0.1) is 12.8 Å². The van der Waals surface area contributed by atoms with Crippen molar-refractivity contribution < 1.29 is 9.90 Å². The fraction of sp³-hybridized carbons (Fsp3) is 0.615. The summed E-state index contributed by atoms with van der Waals surface area (Å²) in [6.07, 6.45) is 8.03. The first-order chi connectivity index (χ1) is 8.77. The predicted molar refractivity (Wildman–Crippen MR) is 69.4 cm³/mol. The number of aliphatic hydroxyl groups excluding tert-OH is 1. The zero-order valence-electron chi connectivity index (χ0n) is 10.8. The van der Waals surface area contributed by atoms with Gasteiger partial charge in [-0.3, -0.25) is 9.78 Å². The fourth-order valence-electron chi connectivity index (χ4n) is 1.67. The zero-order chi connectivity index (χ0) is 13.2. The van der Waals surface area contributed by atoms with Crippen LogP contribution < -0.4 is 5.32 Å². The predicted octanol–water partition coefficient (Wildman–Crippen LogP) is 1.19. The van der Waals surface area contributed by atoms with Gasteiger partial charge >= 0.3 is 0 Å². The number of rotatable bonds is 9. The maximum absolute atomic E-state index is 11.7. The molecule has 100 valence electrons. The first kappa shape index (κ1) is 14.7. The minimum Gasteiger partial charge on any atom is -0.395 e. The highest BCUT2D eigenvalue weighted by Crippen LogP contribution is 2.01. The summed E-state index contributed by atoms with van der Waals surface area (Å²) in [4.78, 5) is 19.5. The third-order valence-corrected chi connectivity index (χ3v) is 2.76. The molecule has 0 saturated carbocycles. The molecule has 0 aromatic carbocycles. The highest BCUT2D eigenvalue weighted by molar-refractivity contribution is 5.93. The molecule has 5 nitrogen and oxygen atoms in total. The van der Waals surface area contributed by atoms with Gasteiger partial charge in [-0.25, -0.2) is 4.98 Å². The first-order valence-electron chi connectivity index (χ1n) is 6.41. The van der Waals surface area contributed by atoms with Crippen LogP contribution in [0.25, 0.3) is 0 Å². The van der Waals surface area contributed by atoms with E-state index >= 15 is 0 Å². The summed E-state index contributed by atoms with van der Waals surface area (Å²) in [5, 5.41) is 12.4. The van der Waals surface area contributed by atoms with E-state index < -0.39 is 0 Å². The van der Waals surface area contributed by atoms with E-state index in [9.17, 15) is 4.79 Å². The molecule has 1 aromatic heterocycles. The van der Waals surface area contributed by atoms with Crippen molar-refractivity contribution in [3.8, 4) is 0 Å². The SMILES string of the molecule is CCCCC(CO)NCCC(=O)c1cnccn1. The van der Waals surface area contributed by atoms with E-state index in [1.54, 1.807) is 6.20 Å².